The number of halogens is 3. The number of carbonyl (C=O) groups excluding carboxylic acids is 1. The third kappa shape index (κ3) is 2.66. The lowest BCUT2D eigenvalue weighted by molar-refractivity contribution is 0.100. The molecule has 0 fully saturated rings. The monoisotopic (exact) mass is 281 g/mol. The fourth-order valence-corrected chi connectivity index (χ4v) is 1.67. The molecule has 7 heteroatoms. The Bertz CT molecular complexity index is 666. The number of primary amides is 1. The summed E-state index contributed by atoms with van der Waals surface area (Å²) in [5, 5.41) is 2.37. The van der Waals surface area contributed by atoms with E-state index in [1.54, 1.807) is 0 Å². The van der Waals surface area contributed by atoms with Crippen LogP contribution in [0, 0.1) is 17.5 Å². The summed E-state index contributed by atoms with van der Waals surface area (Å²) in [4.78, 5) is 11.3. The molecule has 4 nitrogen and oxygen atoms in total. The van der Waals surface area contributed by atoms with E-state index in [0.717, 1.165) is 0 Å². The summed E-state index contributed by atoms with van der Waals surface area (Å²) in [6, 6.07) is 5.08. The van der Waals surface area contributed by atoms with Crippen LogP contribution in [0.15, 0.2) is 30.3 Å². The Morgan fingerprint density at radius 1 is 1.05 bits per heavy atom. The van der Waals surface area contributed by atoms with Crippen molar-refractivity contribution in [3.63, 3.8) is 0 Å². The number of rotatable bonds is 3. The number of carbonyl (C=O) groups is 1. The summed E-state index contributed by atoms with van der Waals surface area (Å²) in [6.45, 7) is 0. The molecule has 5 N–H and O–H groups in total. The molecular weight excluding hydrogens is 271 g/mol. The third-order valence-corrected chi connectivity index (χ3v) is 2.58. The minimum Gasteiger partial charge on any atom is -0.399 e. The van der Waals surface area contributed by atoms with Crippen molar-refractivity contribution in [2.24, 2.45) is 5.73 Å². The topological polar surface area (TPSA) is 81.1 Å². The number of hydrogen-bond acceptors (Lipinski definition) is 3. The highest BCUT2D eigenvalue weighted by atomic mass is 19.1. The van der Waals surface area contributed by atoms with Crippen LogP contribution in [0.2, 0.25) is 0 Å². The first-order valence-electron chi connectivity index (χ1n) is 5.49. The van der Waals surface area contributed by atoms with Crippen molar-refractivity contribution in [2.75, 3.05) is 11.1 Å². The Morgan fingerprint density at radius 3 is 2.20 bits per heavy atom. The normalized spacial score (nSPS) is 10.3. The molecule has 0 unspecified atom stereocenters. The first-order chi connectivity index (χ1) is 9.38. The summed E-state index contributed by atoms with van der Waals surface area (Å²) in [5.74, 6) is -4.12. The van der Waals surface area contributed by atoms with Crippen LogP contribution in [0.1, 0.15) is 10.4 Å². The molecule has 0 radical (unpaired) electrons. The van der Waals surface area contributed by atoms with E-state index < -0.39 is 29.0 Å². The third-order valence-electron chi connectivity index (χ3n) is 2.58. The largest absolute Gasteiger partial charge is 0.399 e. The van der Waals surface area contributed by atoms with Gasteiger partial charge >= 0.3 is 0 Å². The fourth-order valence-electron chi connectivity index (χ4n) is 1.67. The summed E-state index contributed by atoms with van der Waals surface area (Å²) < 4.78 is 39.9. The molecule has 0 atom stereocenters. The van der Waals surface area contributed by atoms with Crippen molar-refractivity contribution in [3.05, 3.63) is 53.3 Å². The number of anilines is 3. The van der Waals surface area contributed by atoms with Crippen molar-refractivity contribution in [2.45, 2.75) is 0 Å². The molecule has 0 heterocycles. The molecule has 20 heavy (non-hydrogen) atoms. The first-order valence-corrected chi connectivity index (χ1v) is 5.49. The molecule has 1 amide bonds. The first kappa shape index (κ1) is 13.7. The maximum atomic E-state index is 13.5. The van der Waals surface area contributed by atoms with Gasteiger partial charge in [0.1, 0.15) is 11.5 Å². The summed E-state index contributed by atoms with van der Waals surface area (Å²) in [5.41, 5.74) is 10.4. The molecule has 104 valence electrons. The molecular formula is C13H10F3N3O. The second kappa shape index (κ2) is 5.12. The van der Waals surface area contributed by atoms with Crippen LogP contribution >= 0.6 is 0 Å². The zero-order valence-electron chi connectivity index (χ0n) is 10.1. The van der Waals surface area contributed by atoms with Gasteiger partial charge in [0.2, 0.25) is 0 Å². The van der Waals surface area contributed by atoms with Gasteiger partial charge in [-0.1, -0.05) is 0 Å². The van der Waals surface area contributed by atoms with Gasteiger partial charge in [-0.25, -0.2) is 13.2 Å². The lowest BCUT2D eigenvalue weighted by atomic mass is 10.1. The Labute approximate surface area is 112 Å². The smallest absolute Gasteiger partial charge is 0.250 e. The van der Waals surface area contributed by atoms with Crippen LogP contribution in [0.3, 0.4) is 0 Å². The number of benzene rings is 2. The van der Waals surface area contributed by atoms with E-state index in [-0.39, 0.29) is 16.9 Å². The van der Waals surface area contributed by atoms with Crippen LogP contribution in [0.4, 0.5) is 30.2 Å². The fraction of sp³-hybridized carbons (Fsp3) is 0. The lowest BCUT2D eigenvalue weighted by Crippen LogP contribution is -2.14. The predicted molar refractivity (Wildman–Crippen MR) is 69.0 cm³/mol. The van der Waals surface area contributed by atoms with Gasteiger partial charge in [0, 0.05) is 17.8 Å². The van der Waals surface area contributed by atoms with E-state index in [2.05, 4.69) is 5.32 Å². The summed E-state index contributed by atoms with van der Waals surface area (Å²) >= 11 is 0. The lowest BCUT2D eigenvalue weighted by Gasteiger charge is -2.12. The number of amides is 1. The van der Waals surface area contributed by atoms with Crippen molar-refractivity contribution >= 4 is 23.0 Å². The van der Waals surface area contributed by atoms with Crippen LogP contribution < -0.4 is 16.8 Å². The maximum absolute atomic E-state index is 13.5. The van der Waals surface area contributed by atoms with Gasteiger partial charge in [0.15, 0.2) is 11.6 Å². The van der Waals surface area contributed by atoms with E-state index in [9.17, 15) is 18.0 Å². The van der Waals surface area contributed by atoms with Crippen LogP contribution in [0.25, 0.3) is 0 Å². The van der Waals surface area contributed by atoms with Gasteiger partial charge in [-0.3, -0.25) is 4.79 Å². The average molecular weight is 281 g/mol. The Hall–Kier alpha value is -2.70. The molecule has 2 aromatic rings. The van der Waals surface area contributed by atoms with Crippen molar-refractivity contribution in [1.82, 2.24) is 0 Å². The molecule has 0 spiro atoms. The molecule has 0 aliphatic carbocycles. The maximum Gasteiger partial charge on any atom is 0.250 e. The Kier molecular flexibility index (Phi) is 3.51. The molecule has 2 aromatic carbocycles. The van der Waals surface area contributed by atoms with E-state index in [1.807, 2.05) is 0 Å². The second-order valence-corrected chi connectivity index (χ2v) is 4.04. The van der Waals surface area contributed by atoms with Gasteiger partial charge < -0.3 is 16.8 Å². The minimum absolute atomic E-state index is 0.0341. The van der Waals surface area contributed by atoms with Gasteiger partial charge in [0.25, 0.3) is 5.91 Å². The van der Waals surface area contributed by atoms with Gasteiger partial charge in [-0.15, -0.1) is 0 Å². The molecule has 0 bridgehead atoms. The summed E-state index contributed by atoms with van der Waals surface area (Å²) in [6.07, 6.45) is 0. The average Bonchev–Trinajstić information content (AvgIpc) is 2.34. The molecule has 0 aliphatic rings. The highest BCUT2D eigenvalue weighted by Crippen LogP contribution is 2.27. The molecule has 0 aromatic heterocycles. The highest BCUT2D eigenvalue weighted by Gasteiger charge is 2.15. The van der Waals surface area contributed by atoms with Crippen molar-refractivity contribution in [1.29, 1.82) is 0 Å². The zero-order chi connectivity index (χ0) is 14.9. The Balaban J connectivity index is 2.48. The molecule has 0 aliphatic heterocycles. The van der Waals surface area contributed by atoms with Crippen molar-refractivity contribution < 1.29 is 18.0 Å². The second-order valence-electron chi connectivity index (χ2n) is 4.04. The van der Waals surface area contributed by atoms with Gasteiger partial charge in [-0.05, 0) is 18.2 Å². The Morgan fingerprint density at radius 2 is 1.65 bits per heavy atom. The van der Waals surface area contributed by atoms with Crippen LogP contribution in [0.5, 0.6) is 0 Å². The van der Waals surface area contributed by atoms with Gasteiger partial charge in [0.05, 0.1) is 11.3 Å². The number of nitrogens with two attached hydrogens (primary N) is 2. The predicted octanol–water partition coefficient (Wildman–Crippen LogP) is 2.53. The van der Waals surface area contributed by atoms with Crippen LogP contribution in [-0.4, -0.2) is 5.91 Å². The van der Waals surface area contributed by atoms with Gasteiger partial charge in [-0.2, -0.15) is 0 Å². The molecule has 0 saturated carbocycles. The van der Waals surface area contributed by atoms with E-state index >= 15 is 0 Å². The quantitative estimate of drug-likeness (QED) is 0.756. The minimum atomic E-state index is -1.13. The molecule has 0 saturated heterocycles. The molecule has 2 rings (SSSR count). The van der Waals surface area contributed by atoms with Crippen molar-refractivity contribution in [3.8, 4) is 0 Å². The zero-order valence-corrected chi connectivity index (χ0v) is 10.1. The number of nitrogen functional groups attached to an aromatic ring is 1. The summed E-state index contributed by atoms with van der Waals surface area (Å²) in [7, 11) is 0. The van der Waals surface area contributed by atoms with E-state index in [1.165, 1.54) is 18.2 Å². The highest BCUT2D eigenvalue weighted by molar-refractivity contribution is 6.00. The standard InChI is InChI=1S/C13H10F3N3O/c14-6-3-9(15)12(10(16)4-6)19-11-2-1-7(17)5-8(11)13(18)20/h1-5,19H,17H2,(H2,18,20). The number of hydrogen-bond donors (Lipinski definition) is 3. The van der Waals surface area contributed by atoms with E-state index in [4.69, 9.17) is 11.5 Å². The number of nitrogens with one attached hydrogen (secondary N) is 1. The van der Waals surface area contributed by atoms with Crippen LogP contribution in [-0.2, 0) is 0 Å². The van der Waals surface area contributed by atoms with E-state index in [0.29, 0.717) is 12.1 Å². The SMILES string of the molecule is NC(=O)c1cc(N)ccc1Nc1c(F)cc(F)cc1F.